The number of rotatable bonds is 7. The Labute approximate surface area is 93.2 Å². The second-order valence-electron chi connectivity index (χ2n) is 2.80. The van der Waals surface area contributed by atoms with Crippen molar-refractivity contribution in [3.63, 3.8) is 0 Å². The van der Waals surface area contributed by atoms with Crippen molar-refractivity contribution in [2.24, 2.45) is 0 Å². The van der Waals surface area contributed by atoms with E-state index in [0.717, 1.165) is 16.7 Å². The van der Waals surface area contributed by atoms with Crippen molar-refractivity contribution in [3.05, 3.63) is 0 Å². The van der Waals surface area contributed by atoms with E-state index < -0.39 is 5.79 Å². The lowest BCUT2D eigenvalue weighted by molar-refractivity contribution is -0.236. The minimum atomic E-state index is -0.949. The SMILES string of the molecule is COOC(=S)C(CCC[SiH3])(OC)OC. The first-order chi connectivity index (χ1) is 6.66. The Kier molecular flexibility index (Phi) is 7.29. The maximum atomic E-state index is 5.25. The summed E-state index contributed by atoms with van der Waals surface area (Å²) in [6, 6.07) is 1.17. The molecule has 0 saturated heterocycles. The van der Waals surface area contributed by atoms with E-state index in [4.69, 9.17) is 26.6 Å². The minimum Gasteiger partial charge on any atom is -0.346 e. The average Bonchev–Trinajstić information content (AvgIpc) is 2.21. The van der Waals surface area contributed by atoms with Crippen LogP contribution in [0.1, 0.15) is 12.8 Å². The van der Waals surface area contributed by atoms with Crippen LogP contribution < -0.4 is 0 Å². The average molecular weight is 238 g/mol. The summed E-state index contributed by atoms with van der Waals surface area (Å²) in [5.74, 6) is -0.949. The fourth-order valence-electron chi connectivity index (χ4n) is 1.10. The van der Waals surface area contributed by atoms with Crippen LogP contribution in [-0.2, 0) is 19.2 Å². The molecule has 6 heteroatoms. The first-order valence-electron chi connectivity index (χ1n) is 4.52. The van der Waals surface area contributed by atoms with Gasteiger partial charge in [0.1, 0.15) is 0 Å². The Balaban J connectivity index is 4.42. The van der Waals surface area contributed by atoms with Gasteiger partial charge in [0.25, 0.3) is 5.05 Å². The highest BCUT2D eigenvalue weighted by Crippen LogP contribution is 2.22. The molecule has 14 heavy (non-hydrogen) atoms. The van der Waals surface area contributed by atoms with E-state index in [2.05, 4.69) is 4.89 Å². The number of thiocarbonyl (C=S) groups is 1. The van der Waals surface area contributed by atoms with Crippen molar-refractivity contribution in [2.75, 3.05) is 21.3 Å². The van der Waals surface area contributed by atoms with Crippen LogP contribution in [0.3, 0.4) is 0 Å². The van der Waals surface area contributed by atoms with Crippen LogP contribution in [0.2, 0.25) is 6.04 Å². The summed E-state index contributed by atoms with van der Waals surface area (Å²) < 4.78 is 10.5. The van der Waals surface area contributed by atoms with E-state index in [9.17, 15) is 0 Å². The van der Waals surface area contributed by atoms with Gasteiger partial charge in [-0.25, -0.2) is 0 Å². The smallest absolute Gasteiger partial charge is 0.265 e. The molecular formula is C8H18O4SSi. The van der Waals surface area contributed by atoms with Crippen molar-refractivity contribution < 1.29 is 19.2 Å². The first kappa shape index (κ1) is 14.0. The van der Waals surface area contributed by atoms with Crippen LogP contribution in [0.5, 0.6) is 0 Å². The normalized spacial score (nSPS) is 11.6. The van der Waals surface area contributed by atoms with Crippen molar-refractivity contribution >= 4 is 27.5 Å². The van der Waals surface area contributed by atoms with E-state index in [-0.39, 0.29) is 5.05 Å². The van der Waals surface area contributed by atoms with Crippen molar-refractivity contribution in [2.45, 2.75) is 24.7 Å². The fraction of sp³-hybridized carbons (Fsp3) is 0.875. The molecule has 0 N–H and O–H groups in total. The predicted molar refractivity (Wildman–Crippen MR) is 61.4 cm³/mol. The molecule has 0 aliphatic heterocycles. The van der Waals surface area contributed by atoms with Crippen molar-refractivity contribution in [3.8, 4) is 0 Å². The second kappa shape index (κ2) is 7.30. The number of methoxy groups -OCH3 is 2. The highest BCUT2D eigenvalue weighted by atomic mass is 32.1. The third-order valence-corrected chi connectivity index (χ3v) is 3.08. The van der Waals surface area contributed by atoms with E-state index in [0.29, 0.717) is 6.42 Å². The van der Waals surface area contributed by atoms with Gasteiger partial charge in [-0.3, -0.25) is 0 Å². The van der Waals surface area contributed by atoms with E-state index in [1.807, 2.05) is 0 Å². The van der Waals surface area contributed by atoms with Crippen molar-refractivity contribution in [1.82, 2.24) is 0 Å². The van der Waals surface area contributed by atoms with Gasteiger partial charge in [-0.2, -0.15) is 4.89 Å². The van der Waals surface area contributed by atoms with Crippen LogP contribution in [0.4, 0.5) is 0 Å². The number of hydrogen-bond donors (Lipinski definition) is 0. The molecule has 0 unspecified atom stereocenters. The molecule has 0 aromatic heterocycles. The van der Waals surface area contributed by atoms with Crippen LogP contribution in [-0.4, -0.2) is 42.4 Å². The van der Waals surface area contributed by atoms with Crippen LogP contribution in [0, 0.1) is 0 Å². The third kappa shape index (κ3) is 3.62. The van der Waals surface area contributed by atoms with Crippen LogP contribution in [0.25, 0.3) is 0 Å². The summed E-state index contributed by atoms with van der Waals surface area (Å²) >= 11 is 5.01. The molecule has 4 nitrogen and oxygen atoms in total. The van der Waals surface area contributed by atoms with Gasteiger partial charge < -0.3 is 14.4 Å². The van der Waals surface area contributed by atoms with Gasteiger partial charge in [0.2, 0.25) is 5.79 Å². The molecule has 0 saturated carbocycles. The lowest BCUT2D eigenvalue weighted by atomic mass is 10.1. The van der Waals surface area contributed by atoms with Gasteiger partial charge in [-0.15, -0.1) is 0 Å². The van der Waals surface area contributed by atoms with E-state index in [1.165, 1.54) is 13.2 Å². The van der Waals surface area contributed by atoms with Gasteiger partial charge in [0.05, 0.1) is 7.11 Å². The molecule has 0 atom stereocenters. The largest absolute Gasteiger partial charge is 0.346 e. The number of ether oxygens (including phenoxy) is 2. The van der Waals surface area contributed by atoms with Gasteiger partial charge >= 0.3 is 0 Å². The van der Waals surface area contributed by atoms with Gasteiger partial charge in [0.15, 0.2) is 0 Å². The Morgan fingerprint density at radius 2 is 1.86 bits per heavy atom. The topological polar surface area (TPSA) is 36.9 Å². The van der Waals surface area contributed by atoms with Crippen molar-refractivity contribution in [1.29, 1.82) is 0 Å². The zero-order valence-corrected chi connectivity index (χ0v) is 12.0. The minimum absolute atomic E-state index is 0.181. The third-order valence-electron chi connectivity index (χ3n) is 1.99. The van der Waals surface area contributed by atoms with E-state index >= 15 is 0 Å². The molecule has 0 heterocycles. The standard InChI is InChI=1S/C8H18O4SSi/c1-9-8(10-2,5-4-6-14)7(13)12-11-3/h4-6H2,1-3,14H3. The maximum absolute atomic E-state index is 5.25. The lowest BCUT2D eigenvalue weighted by Gasteiger charge is -2.29. The van der Waals surface area contributed by atoms with E-state index in [1.54, 1.807) is 14.2 Å². The molecule has 0 amide bonds. The first-order valence-corrected chi connectivity index (χ1v) is 6.34. The quantitative estimate of drug-likeness (QED) is 0.212. The zero-order valence-electron chi connectivity index (χ0n) is 9.16. The summed E-state index contributed by atoms with van der Waals surface area (Å²) in [5.41, 5.74) is 0. The zero-order chi connectivity index (χ0) is 11.0. The molecule has 0 radical (unpaired) electrons. The Bertz CT molecular complexity index is 173. The Morgan fingerprint density at radius 3 is 2.21 bits per heavy atom. The summed E-state index contributed by atoms with van der Waals surface area (Å²) in [4.78, 5) is 9.28. The Morgan fingerprint density at radius 1 is 1.29 bits per heavy atom. The molecule has 84 valence electrons. The van der Waals surface area contributed by atoms with Gasteiger partial charge in [0, 0.05) is 30.9 Å². The summed E-state index contributed by atoms with van der Waals surface area (Å²) in [7, 11) is 5.64. The molecule has 0 spiro atoms. The predicted octanol–water partition coefficient (Wildman–Crippen LogP) is 0.445. The fourth-order valence-corrected chi connectivity index (χ4v) is 1.80. The molecule has 0 rings (SSSR count). The van der Waals surface area contributed by atoms with Crippen LogP contribution in [0.15, 0.2) is 0 Å². The molecular weight excluding hydrogens is 220 g/mol. The highest BCUT2D eigenvalue weighted by Gasteiger charge is 2.37. The molecule has 0 aromatic rings. The molecule has 0 bridgehead atoms. The van der Waals surface area contributed by atoms with Gasteiger partial charge in [-0.1, -0.05) is 12.5 Å². The maximum Gasteiger partial charge on any atom is 0.265 e. The lowest BCUT2D eigenvalue weighted by Crippen LogP contribution is -2.42. The Hall–Kier alpha value is -0.0131. The molecule has 0 fully saturated rings. The monoisotopic (exact) mass is 238 g/mol. The van der Waals surface area contributed by atoms with Crippen LogP contribution >= 0.6 is 12.2 Å². The molecule has 0 aromatic carbocycles. The summed E-state index contributed by atoms with van der Waals surface area (Å²) in [6.07, 6.45) is 1.69. The molecule has 0 aliphatic carbocycles. The molecule has 0 aliphatic rings. The number of hydrogen-bond acceptors (Lipinski definition) is 5. The highest BCUT2D eigenvalue weighted by molar-refractivity contribution is 7.80. The second-order valence-corrected chi connectivity index (χ2v) is 4.17. The van der Waals surface area contributed by atoms with Gasteiger partial charge in [-0.05, 0) is 12.2 Å². The summed E-state index contributed by atoms with van der Waals surface area (Å²) in [5, 5.41) is 0.181. The summed E-state index contributed by atoms with van der Waals surface area (Å²) in [6.45, 7) is 0.